The van der Waals surface area contributed by atoms with Crippen molar-refractivity contribution in [2.24, 2.45) is 0 Å². The van der Waals surface area contributed by atoms with Gasteiger partial charge in [-0.3, -0.25) is 4.98 Å². The third-order valence-electron chi connectivity index (χ3n) is 1.74. The minimum Gasteiger partial charge on any atom is -0.261 e. The van der Waals surface area contributed by atoms with Gasteiger partial charge in [0.1, 0.15) is 0 Å². The van der Waals surface area contributed by atoms with Crippen molar-refractivity contribution in [2.45, 2.75) is 26.2 Å². The molecule has 0 atom stereocenters. The number of hydrogen-bond acceptors (Lipinski definition) is 2. The molecule has 1 rings (SSSR count). The Morgan fingerprint density at radius 1 is 1.58 bits per heavy atom. The minimum absolute atomic E-state index is 0.475. The molecule has 0 aliphatic carbocycles. The van der Waals surface area contributed by atoms with Gasteiger partial charge in [-0.15, -0.1) is 0 Å². The van der Waals surface area contributed by atoms with Crippen LogP contribution in [0, 0.1) is 11.3 Å². The molecule has 0 aliphatic heterocycles. The van der Waals surface area contributed by atoms with Crippen LogP contribution in [0.4, 0.5) is 0 Å². The zero-order chi connectivity index (χ0) is 8.81. The van der Waals surface area contributed by atoms with Crippen LogP contribution >= 0.6 is 0 Å². The van der Waals surface area contributed by atoms with Crippen molar-refractivity contribution < 1.29 is 0 Å². The predicted molar refractivity (Wildman–Crippen MR) is 47.5 cm³/mol. The summed E-state index contributed by atoms with van der Waals surface area (Å²) in [5.74, 6) is 0. The number of aryl methyl sites for hydroxylation is 1. The third kappa shape index (κ3) is 2.06. The highest BCUT2D eigenvalue weighted by Gasteiger charge is 2.00. The second-order valence-electron chi connectivity index (χ2n) is 2.69. The number of nitrogens with zero attached hydrogens (tertiary/aromatic N) is 2. The van der Waals surface area contributed by atoms with Crippen molar-refractivity contribution in [1.82, 2.24) is 4.98 Å². The largest absolute Gasteiger partial charge is 0.261 e. The molecular weight excluding hydrogens is 148 g/mol. The number of pyridine rings is 1. The van der Waals surface area contributed by atoms with E-state index in [1.165, 1.54) is 0 Å². The Balaban J connectivity index is 2.85. The van der Waals surface area contributed by atoms with E-state index in [1.54, 1.807) is 6.20 Å². The standard InChI is InChI=1S/C10H12N2/c1-2-4-10-9(6-7-11)5-3-8-12-10/h3,5,8H,2,4,6H2,1H3. The van der Waals surface area contributed by atoms with E-state index in [4.69, 9.17) is 5.26 Å². The summed E-state index contributed by atoms with van der Waals surface area (Å²) >= 11 is 0. The van der Waals surface area contributed by atoms with Gasteiger partial charge in [-0.1, -0.05) is 19.4 Å². The van der Waals surface area contributed by atoms with Gasteiger partial charge >= 0.3 is 0 Å². The van der Waals surface area contributed by atoms with Gasteiger partial charge in [-0.05, 0) is 18.1 Å². The molecule has 1 aromatic heterocycles. The maximum Gasteiger partial charge on any atom is 0.0670 e. The quantitative estimate of drug-likeness (QED) is 0.679. The van der Waals surface area contributed by atoms with Gasteiger partial charge in [-0.2, -0.15) is 5.26 Å². The fraction of sp³-hybridized carbons (Fsp3) is 0.400. The van der Waals surface area contributed by atoms with Crippen LogP contribution in [0.3, 0.4) is 0 Å². The molecule has 0 spiro atoms. The second kappa shape index (κ2) is 4.50. The zero-order valence-corrected chi connectivity index (χ0v) is 7.25. The lowest BCUT2D eigenvalue weighted by atomic mass is 10.1. The molecule has 0 N–H and O–H groups in total. The monoisotopic (exact) mass is 160 g/mol. The molecule has 0 aromatic carbocycles. The molecule has 0 bridgehead atoms. The first kappa shape index (κ1) is 8.73. The van der Waals surface area contributed by atoms with Crippen LogP contribution in [0.5, 0.6) is 0 Å². The first-order valence-electron chi connectivity index (χ1n) is 4.18. The molecule has 0 radical (unpaired) electrons. The van der Waals surface area contributed by atoms with Gasteiger partial charge in [-0.25, -0.2) is 0 Å². The molecule has 2 nitrogen and oxygen atoms in total. The fourth-order valence-corrected chi connectivity index (χ4v) is 1.18. The van der Waals surface area contributed by atoms with Gasteiger partial charge in [0.2, 0.25) is 0 Å². The molecule has 0 aliphatic rings. The van der Waals surface area contributed by atoms with E-state index >= 15 is 0 Å². The highest BCUT2D eigenvalue weighted by molar-refractivity contribution is 5.22. The fourth-order valence-electron chi connectivity index (χ4n) is 1.18. The van der Waals surface area contributed by atoms with E-state index in [0.717, 1.165) is 24.1 Å². The molecule has 2 heteroatoms. The zero-order valence-electron chi connectivity index (χ0n) is 7.25. The van der Waals surface area contributed by atoms with E-state index < -0.39 is 0 Å². The summed E-state index contributed by atoms with van der Waals surface area (Å²) in [5.41, 5.74) is 2.14. The normalized spacial score (nSPS) is 9.33. The Kier molecular flexibility index (Phi) is 3.28. The summed E-state index contributed by atoms with van der Waals surface area (Å²) in [6, 6.07) is 6.00. The van der Waals surface area contributed by atoms with Crippen LogP contribution in [0.2, 0.25) is 0 Å². The van der Waals surface area contributed by atoms with Crippen LogP contribution in [0.25, 0.3) is 0 Å². The summed E-state index contributed by atoms with van der Waals surface area (Å²) < 4.78 is 0. The van der Waals surface area contributed by atoms with Crippen LogP contribution in [-0.2, 0) is 12.8 Å². The lowest BCUT2D eigenvalue weighted by Crippen LogP contribution is -1.95. The Morgan fingerprint density at radius 2 is 2.42 bits per heavy atom. The second-order valence-corrected chi connectivity index (χ2v) is 2.69. The minimum atomic E-state index is 0.475. The predicted octanol–water partition coefficient (Wildman–Crippen LogP) is 2.10. The van der Waals surface area contributed by atoms with Gasteiger partial charge in [0.05, 0.1) is 12.5 Å². The first-order chi connectivity index (χ1) is 5.88. The Hall–Kier alpha value is -1.36. The summed E-state index contributed by atoms with van der Waals surface area (Å²) in [6.45, 7) is 2.12. The number of nitriles is 1. The number of hydrogen-bond donors (Lipinski definition) is 0. The molecular formula is C10H12N2. The molecule has 0 fully saturated rings. The lowest BCUT2D eigenvalue weighted by molar-refractivity contribution is 0.865. The Morgan fingerprint density at radius 3 is 3.08 bits per heavy atom. The summed E-state index contributed by atoms with van der Waals surface area (Å²) in [7, 11) is 0. The molecule has 0 unspecified atom stereocenters. The molecule has 0 amide bonds. The van der Waals surface area contributed by atoms with Gasteiger partial charge < -0.3 is 0 Å². The van der Waals surface area contributed by atoms with Crippen LogP contribution in [0.1, 0.15) is 24.6 Å². The SMILES string of the molecule is CCCc1ncccc1CC#N. The van der Waals surface area contributed by atoms with Crippen LogP contribution in [-0.4, -0.2) is 4.98 Å². The summed E-state index contributed by atoms with van der Waals surface area (Å²) in [6.07, 6.45) is 4.31. The molecule has 12 heavy (non-hydrogen) atoms. The van der Waals surface area contributed by atoms with Crippen molar-refractivity contribution in [3.05, 3.63) is 29.6 Å². The molecule has 1 aromatic rings. The smallest absolute Gasteiger partial charge is 0.0670 e. The first-order valence-corrected chi connectivity index (χ1v) is 4.18. The van der Waals surface area contributed by atoms with Crippen molar-refractivity contribution in [1.29, 1.82) is 5.26 Å². The van der Waals surface area contributed by atoms with Gasteiger partial charge in [0, 0.05) is 11.9 Å². The maximum atomic E-state index is 8.53. The van der Waals surface area contributed by atoms with Crippen LogP contribution in [0.15, 0.2) is 18.3 Å². The molecule has 0 saturated carbocycles. The Labute approximate surface area is 72.9 Å². The molecule has 1 heterocycles. The topological polar surface area (TPSA) is 36.7 Å². The van der Waals surface area contributed by atoms with E-state index in [2.05, 4.69) is 18.0 Å². The summed E-state index contributed by atoms with van der Waals surface area (Å²) in [4.78, 5) is 4.24. The van der Waals surface area contributed by atoms with E-state index in [-0.39, 0.29) is 0 Å². The van der Waals surface area contributed by atoms with Crippen LogP contribution < -0.4 is 0 Å². The highest BCUT2D eigenvalue weighted by Crippen LogP contribution is 2.07. The number of aromatic nitrogens is 1. The van der Waals surface area contributed by atoms with E-state index in [0.29, 0.717) is 6.42 Å². The van der Waals surface area contributed by atoms with Gasteiger partial charge in [0.15, 0.2) is 0 Å². The van der Waals surface area contributed by atoms with Gasteiger partial charge in [0.25, 0.3) is 0 Å². The average molecular weight is 160 g/mol. The molecule has 0 saturated heterocycles. The maximum absolute atomic E-state index is 8.53. The van der Waals surface area contributed by atoms with E-state index in [1.807, 2.05) is 12.1 Å². The third-order valence-corrected chi connectivity index (χ3v) is 1.74. The lowest BCUT2D eigenvalue weighted by Gasteiger charge is -2.02. The summed E-state index contributed by atoms with van der Waals surface area (Å²) in [5, 5.41) is 8.53. The molecule has 62 valence electrons. The highest BCUT2D eigenvalue weighted by atomic mass is 14.7. The van der Waals surface area contributed by atoms with Crippen molar-refractivity contribution in [3.63, 3.8) is 0 Å². The van der Waals surface area contributed by atoms with Crippen molar-refractivity contribution >= 4 is 0 Å². The Bertz CT molecular complexity index is 286. The average Bonchev–Trinajstić information content (AvgIpc) is 2.09. The van der Waals surface area contributed by atoms with Crippen molar-refractivity contribution in [3.8, 4) is 6.07 Å². The van der Waals surface area contributed by atoms with Crippen molar-refractivity contribution in [2.75, 3.05) is 0 Å². The number of rotatable bonds is 3. The van der Waals surface area contributed by atoms with E-state index in [9.17, 15) is 0 Å².